The Hall–Kier alpha value is -2.53. The molecule has 0 spiro atoms. The van der Waals surface area contributed by atoms with Gasteiger partial charge < -0.3 is 10.3 Å². The summed E-state index contributed by atoms with van der Waals surface area (Å²) < 4.78 is 0. The van der Waals surface area contributed by atoms with Gasteiger partial charge in [0.05, 0.1) is 17.1 Å². The molecule has 5 heteroatoms. The number of imidazole rings is 1. The van der Waals surface area contributed by atoms with Gasteiger partial charge in [-0.1, -0.05) is 71.4 Å². The van der Waals surface area contributed by atoms with Gasteiger partial charge in [0.1, 0.15) is 0 Å². The lowest BCUT2D eigenvalue weighted by molar-refractivity contribution is -0.118. The largest absolute Gasteiger partial charge is 0.353 e. The number of aromatic amines is 1. The predicted octanol–water partition coefficient (Wildman–Crippen LogP) is 4.73. The van der Waals surface area contributed by atoms with Crippen LogP contribution in [0.2, 0.25) is 0 Å². The summed E-state index contributed by atoms with van der Waals surface area (Å²) in [5.74, 6) is 0.456. The zero-order valence-electron chi connectivity index (χ0n) is 15.6. The highest BCUT2D eigenvalue weighted by Crippen LogP contribution is 2.33. The number of nitrogens with zero attached hydrogens (tertiary/aromatic N) is 1. The molecule has 4 rings (SSSR count). The standard InChI is InChI=1S/C22H23N3OS/c1-14-3-7-16(8-4-14)20-21(17-9-5-15(2)6-10-17)25-22(24-20)27-13-19(26)23-18-11-12-18/h3-10,18H,11-13H2,1-2H3,(H,23,26)(H,24,25). The van der Waals surface area contributed by atoms with E-state index in [4.69, 9.17) is 4.98 Å². The van der Waals surface area contributed by atoms with Crippen LogP contribution in [0.15, 0.2) is 53.7 Å². The van der Waals surface area contributed by atoms with Crippen LogP contribution >= 0.6 is 11.8 Å². The molecule has 0 atom stereocenters. The average molecular weight is 378 g/mol. The van der Waals surface area contributed by atoms with Gasteiger partial charge in [-0.3, -0.25) is 4.79 Å². The second kappa shape index (κ2) is 7.61. The number of aryl methyl sites for hydroxylation is 2. The van der Waals surface area contributed by atoms with Crippen molar-refractivity contribution in [2.24, 2.45) is 0 Å². The molecule has 1 amide bonds. The molecule has 4 nitrogen and oxygen atoms in total. The quantitative estimate of drug-likeness (QED) is 0.611. The van der Waals surface area contributed by atoms with Crippen LogP contribution in [0, 0.1) is 13.8 Å². The molecule has 1 saturated carbocycles. The third kappa shape index (κ3) is 4.42. The first-order valence-corrected chi connectivity index (χ1v) is 10.2. The number of rotatable bonds is 6. The molecule has 0 bridgehead atoms. The van der Waals surface area contributed by atoms with Gasteiger partial charge in [0, 0.05) is 17.2 Å². The number of carbonyl (C=O) groups is 1. The normalized spacial score (nSPS) is 13.6. The SMILES string of the molecule is Cc1ccc(-c2nc(SCC(=O)NC3CC3)[nH]c2-c2ccc(C)cc2)cc1. The first kappa shape index (κ1) is 17.9. The Morgan fingerprint density at radius 1 is 1.04 bits per heavy atom. The predicted molar refractivity (Wildman–Crippen MR) is 111 cm³/mol. The molecule has 0 radical (unpaired) electrons. The number of amides is 1. The van der Waals surface area contributed by atoms with Crippen molar-refractivity contribution in [2.75, 3.05) is 5.75 Å². The van der Waals surface area contributed by atoms with E-state index in [9.17, 15) is 4.79 Å². The lowest BCUT2D eigenvalue weighted by atomic mass is 10.0. The molecule has 1 aliphatic rings. The summed E-state index contributed by atoms with van der Waals surface area (Å²) in [6.07, 6.45) is 2.21. The van der Waals surface area contributed by atoms with E-state index in [1.165, 1.54) is 22.9 Å². The van der Waals surface area contributed by atoms with Gasteiger partial charge in [0.15, 0.2) is 5.16 Å². The Kier molecular flexibility index (Phi) is 5.03. The van der Waals surface area contributed by atoms with E-state index in [0.717, 1.165) is 40.5 Å². The minimum absolute atomic E-state index is 0.0765. The number of aromatic nitrogens is 2. The summed E-state index contributed by atoms with van der Waals surface area (Å²) in [6, 6.07) is 17.2. The highest BCUT2D eigenvalue weighted by atomic mass is 32.2. The van der Waals surface area contributed by atoms with Crippen molar-refractivity contribution in [1.82, 2.24) is 15.3 Å². The molecule has 1 aromatic heterocycles. The van der Waals surface area contributed by atoms with E-state index in [0.29, 0.717) is 11.8 Å². The zero-order valence-corrected chi connectivity index (χ0v) is 16.4. The lowest BCUT2D eigenvalue weighted by Gasteiger charge is -2.04. The second-order valence-corrected chi connectivity index (χ2v) is 8.09. The highest BCUT2D eigenvalue weighted by molar-refractivity contribution is 7.99. The molecule has 1 heterocycles. The maximum atomic E-state index is 12.0. The summed E-state index contributed by atoms with van der Waals surface area (Å²) in [5.41, 5.74) is 6.52. The minimum Gasteiger partial charge on any atom is -0.353 e. The molecule has 1 fully saturated rings. The first-order chi connectivity index (χ1) is 13.1. The number of benzene rings is 2. The smallest absolute Gasteiger partial charge is 0.230 e. The number of carbonyl (C=O) groups excluding carboxylic acids is 1. The van der Waals surface area contributed by atoms with E-state index in [1.807, 2.05) is 0 Å². The Bertz CT molecular complexity index is 878. The number of hydrogen-bond acceptors (Lipinski definition) is 3. The fraction of sp³-hybridized carbons (Fsp3) is 0.273. The molecule has 0 unspecified atom stereocenters. The maximum Gasteiger partial charge on any atom is 0.230 e. The summed E-state index contributed by atoms with van der Waals surface area (Å²) in [7, 11) is 0. The first-order valence-electron chi connectivity index (χ1n) is 9.25. The van der Waals surface area contributed by atoms with Gasteiger partial charge in [0.2, 0.25) is 5.91 Å². The Labute approximate surface area is 163 Å². The van der Waals surface area contributed by atoms with Crippen LogP contribution < -0.4 is 5.32 Å². The van der Waals surface area contributed by atoms with Crippen molar-refractivity contribution >= 4 is 17.7 Å². The number of hydrogen-bond donors (Lipinski definition) is 2. The Balaban J connectivity index is 1.62. The number of H-pyrrole nitrogens is 1. The monoisotopic (exact) mass is 377 g/mol. The van der Waals surface area contributed by atoms with Gasteiger partial charge in [-0.25, -0.2) is 4.98 Å². The van der Waals surface area contributed by atoms with E-state index in [-0.39, 0.29) is 5.91 Å². The van der Waals surface area contributed by atoms with Gasteiger partial charge in [0.25, 0.3) is 0 Å². The molecule has 27 heavy (non-hydrogen) atoms. The van der Waals surface area contributed by atoms with Crippen molar-refractivity contribution in [3.05, 3.63) is 59.7 Å². The fourth-order valence-electron chi connectivity index (χ4n) is 2.90. The van der Waals surface area contributed by atoms with E-state index in [1.54, 1.807) is 0 Å². The lowest BCUT2D eigenvalue weighted by Crippen LogP contribution is -2.27. The summed E-state index contributed by atoms with van der Waals surface area (Å²) >= 11 is 1.45. The van der Waals surface area contributed by atoms with Crippen LogP contribution in [-0.2, 0) is 4.79 Å². The van der Waals surface area contributed by atoms with Crippen molar-refractivity contribution in [3.63, 3.8) is 0 Å². The van der Waals surface area contributed by atoms with Crippen molar-refractivity contribution in [2.45, 2.75) is 37.9 Å². The maximum absolute atomic E-state index is 12.0. The third-order valence-electron chi connectivity index (χ3n) is 4.63. The topological polar surface area (TPSA) is 57.8 Å². The molecular weight excluding hydrogens is 354 g/mol. The van der Waals surface area contributed by atoms with Gasteiger partial charge in [-0.15, -0.1) is 0 Å². The molecular formula is C22H23N3OS. The number of thioether (sulfide) groups is 1. The summed E-state index contributed by atoms with van der Waals surface area (Å²) in [5, 5.41) is 3.79. The summed E-state index contributed by atoms with van der Waals surface area (Å²) in [6.45, 7) is 4.16. The van der Waals surface area contributed by atoms with Crippen LogP contribution in [0.4, 0.5) is 0 Å². The second-order valence-electron chi connectivity index (χ2n) is 7.13. The van der Waals surface area contributed by atoms with Crippen molar-refractivity contribution in [1.29, 1.82) is 0 Å². The highest BCUT2D eigenvalue weighted by Gasteiger charge is 2.23. The van der Waals surface area contributed by atoms with Crippen LogP contribution in [0.25, 0.3) is 22.5 Å². The van der Waals surface area contributed by atoms with Crippen LogP contribution in [0.5, 0.6) is 0 Å². The fourth-order valence-corrected chi connectivity index (χ4v) is 3.58. The molecule has 3 aromatic rings. The van der Waals surface area contributed by atoms with E-state index < -0.39 is 0 Å². The molecule has 1 aliphatic carbocycles. The Morgan fingerprint density at radius 2 is 1.63 bits per heavy atom. The van der Waals surface area contributed by atoms with Gasteiger partial charge in [-0.05, 0) is 26.7 Å². The minimum atomic E-state index is 0.0765. The van der Waals surface area contributed by atoms with Crippen LogP contribution in [0.1, 0.15) is 24.0 Å². The van der Waals surface area contributed by atoms with Crippen molar-refractivity contribution in [3.8, 4) is 22.5 Å². The summed E-state index contributed by atoms with van der Waals surface area (Å²) in [4.78, 5) is 20.2. The van der Waals surface area contributed by atoms with E-state index >= 15 is 0 Å². The van der Waals surface area contributed by atoms with E-state index in [2.05, 4.69) is 72.7 Å². The Morgan fingerprint density at radius 3 is 2.22 bits per heavy atom. The van der Waals surface area contributed by atoms with Gasteiger partial charge >= 0.3 is 0 Å². The molecule has 2 N–H and O–H groups in total. The van der Waals surface area contributed by atoms with Gasteiger partial charge in [-0.2, -0.15) is 0 Å². The van der Waals surface area contributed by atoms with Crippen LogP contribution in [0.3, 0.4) is 0 Å². The van der Waals surface area contributed by atoms with Crippen LogP contribution in [-0.4, -0.2) is 27.7 Å². The molecule has 2 aromatic carbocycles. The number of nitrogens with one attached hydrogen (secondary N) is 2. The average Bonchev–Trinajstić information content (AvgIpc) is 3.37. The molecule has 138 valence electrons. The molecule has 0 saturated heterocycles. The van der Waals surface area contributed by atoms with Crippen molar-refractivity contribution < 1.29 is 4.79 Å². The third-order valence-corrected chi connectivity index (χ3v) is 5.50. The zero-order chi connectivity index (χ0) is 18.8. The molecule has 0 aliphatic heterocycles.